The molecule has 0 aliphatic heterocycles. The van der Waals surface area contributed by atoms with Crippen molar-refractivity contribution in [1.29, 1.82) is 0 Å². The summed E-state index contributed by atoms with van der Waals surface area (Å²) in [6.07, 6.45) is 39.7. The Morgan fingerprint density at radius 2 is 0.540 bits per heavy atom. The van der Waals surface area contributed by atoms with E-state index in [2.05, 4.69) is 20.8 Å². The lowest BCUT2D eigenvalue weighted by Gasteiger charge is -2.18. The van der Waals surface area contributed by atoms with E-state index in [1.54, 1.807) is 0 Å². The lowest BCUT2D eigenvalue weighted by atomic mass is 10.0. The zero-order valence-corrected chi connectivity index (χ0v) is 33.7. The van der Waals surface area contributed by atoms with Crippen LogP contribution < -0.4 is 0 Å². The van der Waals surface area contributed by atoms with Crippen LogP contribution in [0.5, 0.6) is 0 Å². The molecule has 6 heteroatoms. The van der Waals surface area contributed by atoms with E-state index in [0.717, 1.165) is 64.2 Å². The third kappa shape index (κ3) is 37.7. The van der Waals surface area contributed by atoms with Crippen LogP contribution in [0.4, 0.5) is 0 Å². The van der Waals surface area contributed by atoms with Gasteiger partial charge in [0, 0.05) is 19.3 Å². The molecule has 0 saturated carbocycles. The molecule has 0 rings (SSSR count). The molecule has 0 fully saturated rings. The molecule has 1 atom stereocenters. The molecule has 0 N–H and O–H groups in total. The molecule has 0 spiro atoms. The number of carbonyl (C=O) groups is 3. The van der Waals surface area contributed by atoms with Crippen molar-refractivity contribution in [2.45, 2.75) is 252 Å². The summed E-state index contributed by atoms with van der Waals surface area (Å²) in [4.78, 5) is 37.4. The largest absolute Gasteiger partial charge is 0.462 e. The number of unbranched alkanes of at least 4 members (excludes halogenated alkanes) is 29. The fourth-order valence-corrected chi connectivity index (χ4v) is 6.50. The van der Waals surface area contributed by atoms with E-state index in [1.165, 1.54) is 141 Å². The van der Waals surface area contributed by atoms with Crippen LogP contribution in [0.25, 0.3) is 0 Å². The maximum absolute atomic E-state index is 12.6. The first-order chi connectivity index (χ1) is 24.5. The average Bonchev–Trinajstić information content (AvgIpc) is 3.11. The summed E-state index contributed by atoms with van der Waals surface area (Å²) in [7, 11) is 0. The van der Waals surface area contributed by atoms with Gasteiger partial charge in [-0.1, -0.05) is 207 Å². The second-order valence-corrected chi connectivity index (χ2v) is 15.0. The van der Waals surface area contributed by atoms with Crippen LogP contribution in [-0.4, -0.2) is 37.2 Å². The number of hydrogen-bond donors (Lipinski definition) is 0. The second-order valence-electron chi connectivity index (χ2n) is 15.0. The number of hydrogen-bond acceptors (Lipinski definition) is 6. The number of carbonyl (C=O) groups excluding carboxylic acids is 3. The molecule has 0 aromatic carbocycles. The van der Waals surface area contributed by atoms with Crippen LogP contribution in [0.3, 0.4) is 0 Å². The van der Waals surface area contributed by atoms with E-state index < -0.39 is 6.10 Å². The van der Waals surface area contributed by atoms with E-state index in [0.29, 0.717) is 19.3 Å². The van der Waals surface area contributed by atoms with Crippen LogP contribution in [0.15, 0.2) is 0 Å². The van der Waals surface area contributed by atoms with Crippen LogP contribution in [0.2, 0.25) is 0 Å². The monoisotopic (exact) mass is 709 g/mol. The average molecular weight is 709 g/mol. The Labute approximate surface area is 310 Å². The van der Waals surface area contributed by atoms with Gasteiger partial charge in [-0.25, -0.2) is 0 Å². The first-order valence-corrected chi connectivity index (χ1v) is 22.0. The fourth-order valence-electron chi connectivity index (χ4n) is 6.50. The summed E-state index contributed by atoms with van der Waals surface area (Å²) >= 11 is 0. The van der Waals surface area contributed by atoms with E-state index in [9.17, 15) is 14.4 Å². The van der Waals surface area contributed by atoms with Crippen LogP contribution in [-0.2, 0) is 28.6 Å². The summed E-state index contributed by atoms with van der Waals surface area (Å²) in [5.74, 6) is -0.867. The number of rotatable bonds is 40. The van der Waals surface area contributed by atoms with E-state index in [4.69, 9.17) is 14.2 Å². The lowest BCUT2D eigenvalue weighted by molar-refractivity contribution is -0.167. The maximum Gasteiger partial charge on any atom is 0.306 e. The Hall–Kier alpha value is -1.59. The van der Waals surface area contributed by atoms with Crippen molar-refractivity contribution in [2.75, 3.05) is 13.2 Å². The Morgan fingerprint density at radius 3 is 0.800 bits per heavy atom. The highest BCUT2D eigenvalue weighted by Crippen LogP contribution is 2.15. The van der Waals surface area contributed by atoms with Crippen LogP contribution in [0.1, 0.15) is 245 Å². The predicted molar refractivity (Wildman–Crippen MR) is 210 cm³/mol. The van der Waals surface area contributed by atoms with Crippen molar-refractivity contribution >= 4 is 17.9 Å². The van der Waals surface area contributed by atoms with E-state index in [-0.39, 0.29) is 31.1 Å². The van der Waals surface area contributed by atoms with Crippen molar-refractivity contribution in [2.24, 2.45) is 0 Å². The predicted octanol–water partition coefficient (Wildman–Crippen LogP) is 13.7. The second kappa shape index (κ2) is 40.2. The van der Waals surface area contributed by atoms with Gasteiger partial charge in [0.1, 0.15) is 13.2 Å². The zero-order chi connectivity index (χ0) is 36.6. The molecule has 50 heavy (non-hydrogen) atoms. The summed E-state index contributed by atoms with van der Waals surface area (Å²) in [6, 6.07) is 0. The van der Waals surface area contributed by atoms with Crippen molar-refractivity contribution in [3.63, 3.8) is 0 Å². The van der Waals surface area contributed by atoms with Gasteiger partial charge in [-0.2, -0.15) is 0 Å². The minimum absolute atomic E-state index is 0.0640. The van der Waals surface area contributed by atoms with Gasteiger partial charge < -0.3 is 14.2 Å². The molecule has 0 bridgehead atoms. The molecule has 0 aliphatic rings. The molecular formula is C44H84O6. The number of esters is 3. The Kier molecular flexibility index (Phi) is 38.9. The highest BCUT2D eigenvalue weighted by atomic mass is 16.6. The van der Waals surface area contributed by atoms with Crippen molar-refractivity contribution in [1.82, 2.24) is 0 Å². The highest BCUT2D eigenvalue weighted by Gasteiger charge is 2.19. The summed E-state index contributed by atoms with van der Waals surface area (Å²) in [5.41, 5.74) is 0. The number of ether oxygens (including phenoxy) is 3. The SMILES string of the molecule is CCCCCCCCCCCCCCCCC(=O)O[C@@H](COC(=O)CCCCCCC)COC(=O)CCCCCCCCCCCCCCC. The first kappa shape index (κ1) is 48.4. The molecule has 0 radical (unpaired) electrons. The van der Waals surface area contributed by atoms with Gasteiger partial charge in [-0.05, 0) is 19.3 Å². The standard InChI is InChI=1S/C44H84O6/c1-4-7-10-13-15-17-19-21-23-25-27-29-32-35-38-44(47)50-41(39-48-42(45)36-33-30-12-9-6-3)40-49-43(46)37-34-31-28-26-24-22-20-18-16-14-11-8-5-2/h41H,4-40H2,1-3H3/t41-/m0/s1. The Morgan fingerprint density at radius 1 is 0.320 bits per heavy atom. The smallest absolute Gasteiger partial charge is 0.306 e. The molecule has 0 amide bonds. The van der Waals surface area contributed by atoms with Gasteiger partial charge in [0.2, 0.25) is 0 Å². The minimum atomic E-state index is -0.756. The quantitative estimate of drug-likeness (QED) is 0.0358. The van der Waals surface area contributed by atoms with Crippen LogP contribution >= 0.6 is 0 Å². The summed E-state index contributed by atoms with van der Waals surface area (Å²) in [5, 5.41) is 0. The molecule has 0 heterocycles. The van der Waals surface area contributed by atoms with Crippen LogP contribution in [0, 0.1) is 0 Å². The topological polar surface area (TPSA) is 78.9 Å². The van der Waals surface area contributed by atoms with Gasteiger partial charge >= 0.3 is 17.9 Å². The van der Waals surface area contributed by atoms with Crippen molar-refractivity contribution < 1.29 is 28.6 Å². The first-order valence-electron chi connectivity index (χ1n) is 22.0. The van der Waals surface area contributed by atoms with Gasteiger partial charge in [0.15, 0.2) is 6.10 Å². The molecule has 0 aliphatic carbocycles. The highest BCUT2D eigenvalue weighted by molar-refractivity contribution is 5.71. The molecule has 0 unspecified atom stereocenters. The molecular weight excluding hydrogens is 624 g/mol. The van der Waals surface area contributed by atoms with Gasteiger partial charge in [-0.15, -0.1) is 0 Å². The van der Waals surface area contributed by atoms with Crippen molar-refractivity contribution in [3.05, 3.63) is 0 Å². The molecule has 296 valence electrons. The summed E-state index contributed by atoms with van der Waals surface area (Å²) in [6.45, 7) is 6.57. The molecule has 0 aromatic rings. The normalized spacial score (nSPS) is 11.8. The third-order valence-corrected chi connectivity index (χ3v) is 9.86. The Balaban J connectivity index is 4.20. The lowest BCUT2D eigenvalue weighted by Crippen LogP contribution is -2.30. The zero-order valence-electron chi connectivity index (χ0n) is 33.7. The molecule has 0 saturated heterocycles. The van der Waals surface area contributed by atoms with E-state index >= 15 is 0 Å². The minimum Gasteiger partial charge on any atom is -0.462 e. The molecule has 6 nitrogen and oxygen atoms in total. The Bertz CT molecular complexity index is 738. The molecule has 0 aromatic heterocycles. The van der Waals surface area contributed by atoms with Gasteiger partial charge in [-0.3, -0.25) is 14.4 Å². The van der Waals surface area contributed by atoms with Crippen molar-refractivity contribution in [3.8, 4) is 0 Å². The maximum atomic E-state index is 12.6. The van der Waals surface area contributed by atoms with Gasteiger partial charge in [0.25, 0.3) is 0 Å². The third-order valence-electron chi connectivity index (χ3n) is 9.86. The van der Waals surface area contributed by atoms with Gasteiger partial charge in [0.05, 0.1) is 0 Å². The fraction of sp³-hybridized carbons (Fsp3) is 0.932. The summed E-state index contributed by atoms with van der Waals surface area (Å²) < 4.78 is 16.6. The van der Waals surface area contributed by atoms with E-state index in [1.807, 2.05) is 0 Å².